The van der Waals surface area contributed by atoms with Crippen LogP contribution in [0.3, 0.4) is 0 Å². The third-order valence-electron chi connectivity index (χ3n) is 3.77. The van der Waals surface area contributed by atoms with Crippen molar-refractivity contribution in [3.63, 3.8) is 0 Å². The number of anilines is 1. The van der Waals surface area contributed by atoms with Crippen LogP contribution in [0.2, 0.25) is 0 Å². The fourth-order valence-corrected chi connectivity index (χ4v) is 2.28. The number of carbonyl (C=O) groups excluding carboxylic acids is 1. The van der Waals surface area contributed by atoms with E-state index in [1.54, 1.807) is 4.90 Å². The molecule has 5 heteroatoms. The average Bonchev–Trinajstić information content (AvgIpc) is 2.58. The Kier molecular flexibility index (Phi) is 8.90. The zero-order chi connectivity index (χ0) is 16.5. The molecule has 1 amide bonds. The molecule has 130 valence electrons. The molecule has 0 aliphatic rings. The third kappa shape index (κ3) is 6.60. The Labute approximate surface area is 150 Å². The van der Waals surface area contributed by atoms with Crippen LogP contribution < -0.4 is 5.73 Å². The van der Waals surface area contributed by atoms with Crippen LogP contribution in [0.4, 0.5) is 5.69 Å². The van der Waals surface area contributed by atoms with Gasteiger partial charge in [-0.05, 0) is 23.6 Å². The number of nitrogen functional groups attached to an aromatic ring is 1. The Balaban J connectivity index is 0.00000288. The summed E-state index contributed by atoms with van der Waals surface area (Å²) in [5.41, 5.74) is 8.80. The Morgan fingerprint density at radius 2 is 1.75 bits per heavy atom. The zero-order valence-corrected chi connectivity index (χ0v) is 14.8. The lowest BCUT2D eigenvalue weighted by molar-refractivity contribution is -0.130. The molecule has 0 spiro atoms. The number of ether oxygens (including phenoxy) is 1. The Morgan fingerprint density at radius 1 is 1.08 bits per heavy atom. The first-order chi connectivity index (χ1) is 11.2. The molecule has 0 aromatic heterocycles. The van der Waals surface area contributed by atoms with Gasteiger partial charge in [0.05, 0.1) is 13.2 Å². The van der Waals surface area contributed by atoms with Crippen molar-refractivity contribution in [1.82, 2.24) is 4.90 Å². The predicted octanol–water partition coefficient (Wildman–Crippen LogP) is 3.30. The lowest BCUT2D eigenvalue weighted by Crippen LogP contribution is -2.30. The van der Waals surface area contributed by atoms with E-state index in [2.05, 4.69) is 0 Å². The number of hydrogen-bond donors (Lipinski definition) is 1. The van der Waals surface area contributed by atoms with Crippen molar-refractivity contribution in [2.45, 2.75) is 19.4 Å². The molecule has 0 aliphatic carbocycles. The van der Waals surface area contributed by atoms with E-state index in [0.717, 1.165) is 16.8 Å². The molecular formula is C19H25ClN2O2. The summed E-state index contributed by atoms with van der Waals surface area (Å²) in [4.78, 5) is 13.8. The van der Waals surface area contributed by atoms with Gasteiger partial charge in [0.1, 0.15) is 0 Å². The standard InChI is InChI=1S/C19H24N2O2.ClH/c1-21(13-14-23-15-16-7-3-2-4-8-16)19(22)12-11-17-9-5-6-10-18(17)20;/h2-10H,11-15,20H2,1H3;1H. The molecule has 0 heterocycles. The Hall–Kier alpha value is -2.04. The van der Waals surface area contributed by atoms with Crippen LogP contribution in [0.25, 0.3) is 0 Å². The number of carbonyl (C=O) groups is 1. The molecule has 0 aliphatic heterocycles. The van der Waals surface area contributed by atoms with Gasteiger partial charge < -0.3 is 15.4 Å². The van der Waals surface area contributed by atoms with E-state index in [0.29, 0.717) is 32.6 Å². The number of aryl methyl sites for hydroxylation is 1. The van der Waals surface area contributed by atoms with Gasteiger partial charge in [-0.15, -0.1) is 12.4 Å². The Morgan fingerprint density at radius 3 is 2.46 bits per heavy atom. The first-order valence-corrected chi connectivity index (χ1v) is 7.86. The minimum absolute atomic E-state index is 0. The van der Waals surface area contributed by atoms with Crippen LogP contribution in [-0.2, 0) is 22.6 Å². The highest BCUT2D eigenvalue weighted by atomic mass is 35.5. The van der Waals surface area contributed by atoms with Gasteiger partial charge in [-0.3, -0.25) is 4.79 Å². The Bertz CT molecular complexity index is 620. The summed E-state index contributed by atoms with van der Waals surface area (Å²) in [6.07, 6.45) is 1.13. The summed E-state index contributed by atoms with van der Waals surface area (Å²) in [6, 6.07) is 17.7. The SMILES string of the molecule is CN(CCOCc1ccccc1)C(=O)CCc1ccccc1N.Cl. The number of hydrogen-bond acceptors (Lipinski definition) is 3. The molecule has 0 unspecified atom stereocenters. The van der Waals surface area contributed by atoms with Gasteiger partial charge >= 0.3 is 0 Å². The molecule has 24 heavy (non-hydrogen) atoms. The highest BCUT2D eigenvalue weighted by molar-refractivity contribution is 5.85. The molecule has 4 nitrogen and oxygen atoms in total. The van der Waals surface area contributed by atoms with Crippen molar-refractivity contribution in [2.24, 2.45) is 0 Å². The zero-order valence-electron chi connectivity index (χ0n) is 14.0. The maximum absolute atomic E-state index is 12.1. The molecule has 0 fully saturated rings. The highest BCUT2D eigenvalue weighted by Gasteiger charge is 2.09. The molecule has 2 aromatic rings. The van der Waals surface area contributed by atoms with E-state index in [4.69, 9.17) is 10.5 Å². The minimum Gasteiger partial charge on any atom is -0.399 e. The van der Waals surface area contributed by atoms with Crippen molar-refractivity contribution in [1.29, 1.82) is 0 Å². The first-order valence-electron chi connectivity index (χ1n) is 7.86. The van der Waals surface area contributed by atoms with Gasteiger partial charge in [0.25, 0.3) is 0 Å². The first kappa shape index (κ1) is 20.0. The van der Waals surface area contributed by atoms with Gasteiger partial charge in [-0.2, -0.15) is 0 Å². The van der Waals surface area contributed by atoms with Crippen LogP contribution in [0, 0.1) is 0 Å². The molecule has 2 N–H and O–H groups in total. The summed E-state index contributed by atoms with van der Waals surface area (Å²) >= 11 is 0. The second-order valence-electron chi connectivity index (χ2n) is 5.55. The van der Waals surface area contributed by atoms with Crippen LogP contribution in [-0.4, -0.2) is 31.0 Å². The number of benzene rings is 2. The average molecular weight is 349 g/mol. The fraction of sp³-hybridized carbons (Fsp3) is 0.316. The van der Waals surface area contributed by atoms with Gasteiger partial charge in [0.2, 0.25) is 5.91 Å². The largest absolute Gasteiger partial charge is 0.399 e. The maximum Gasteiger partial charge on any atom is 0.222 e. The summed E-state index contributed by atoms with van der Waals surface area (Å²) in [7, 11) is 1.81. The van der Waals surface area contributed by atoms with Crippen molar-refractivity contribution < 1.29 is 9.53 Å². The van der Waals surface area contributed by atoms with E-state index in [9.17, 15) is 4.79 Å². The predicted molar refractivity (Wildman–Crippen MR) is 100 cm³/mol. The molecule has 2 rings (SSSR count). The van der Waals surface area contributed by atoms with Crippen LogP contribution >= 0.6 is 12.4 Å². The number of nitrogens with two attached hydrogens (primary N) is 1. The lowest BCUT2D eigenvalue weighted by Gasteiger charge is -2.17. The summed E-state index contributed by atoms with van der Waals surface area (Å²) in [6.45, 7) is 1.70. The smallest absolute Gasteiger partial charge is 0.222 e. The molecule has 0 radical (unpaired) electrons. The number of para-hydroxylation sites is 1. The van der Waals surface area contributed by atoms with E-state index in [-0.39, 0.29) is 18.3 Å². The second kappa shape index (κ2) is 10.7. The van der Waals surface area contributed by atoms with E-state index >= 15 is 0 Å². The van der Waals surface area contributed by atoms with Crippen molar-refractivity contribution >= 4 is 24.0 Å². The van der Waals surface area contributed by atoms with E-state index in [1.165, 1.54) is 0 Å². The summed E-state index contributed by atoms with van der Waals surface area (Å²) < 4.78 is 5.61. The minimum atomic E-state index is 0. The number of rotatable bonds is 8. The molecule has 0 saturated heterocycles. The van der Waals surface area contributed by atoms with Gasteiger partial charge in [0.15, 0.2) is 0 Å². The summed E-state index contributed by atoms with van der Waals surface area (Å²) in [5.74, 6) is 0.108. The quantitative estimate of drug-likeness (QED) is 0.588. The van der Waals surface area contributed by atoms with E-state index < -0.39 is 0 Å². The number of amides is 1. The van der Waals surface area contributed by atoms with Gasteiger partial charge in [0, 0.05) is 25.7 Å². The molecule has 0 bridgehead atoms. The molecular weight excluding hydrogens is 324 g/mol. The second-order valence-corrected chi connectivity index (χ2v) is 5.55. The van der Waals surface area contributed by atoms with Crippen molar-refractivity contribution in [3.8, 4) is 0 Å². The van der Waals surface area contributed by atoms with E-state index in [1.807, 2.05) is 61.6 Å². The summed E-state index contributed by atoms with van der Waals surface area (Å²) in [5, 5.41) is 0. The third-order valence-corrected chi connectivity index (χ3v) is 3.77. The van der Waals surface area contributed by atoms with Crippen molar-refractivity contribution in [3.05, 3.63) is 65.7 Å². The topological polar surface area (TPSA) is 55.6 Å². The fourth-order valence-electron chi connectivity index (χ4n) is 2.28. The van der Waals surface area contributed by atoms with Crippen molar-refractivity contribution in [2.75, 3.05) is 25.9 Å². The monoisotopic (exact) mass is 348 g/mol. The molecule has 2 aromatic carbocycles. The normalized spacial score (nSPS) is 10.0. The number of likely N-dealkylation sites (N-methyl/N-ethyl adjacent to an activating group) is 1. The van der Waals surface area contributed by atoms with Crippen LogP contribution in [0.5, 0.6) is 0 Å². The number of nitrogens with zero attached hydrogens (tertiary/aromatic N) is 1. The molecule has 0 saturated carbocycles. The van der Waals surface area contributed by atoms with Crippen LogP contribution in [0.1, 0.15) is 17.5 Å². The highest BCUT2D eigenvalue weighted by Crippen LogP contribution is 2.13. The maximum atomic E-state index is 12.1. The van der Waals surface area contributed by atoms with Crippen LogP contribution in [0.15, 0.2) is 54.6 Å². The number of halogens is 1. The van der Waals surface area contributed by atoms with Gasteiger partial charge in [-0.1, -0.05) is 48.5 Å². The lowest BCUT2D eigenvalue weighted by atomic mass is 10.1. The molecule has 0 atom stereocenters. The van der Waals surface area contributed by atoms with Gasteiger partial charge in [-0.25, -0.2) is 0 Å².